The number of fused-ring (bicyclic) bond motifs is 3. The summed E-state index contributed by atoms with van der Waals surface area (Å²) in [7, 11) is 0. The minimum absolute atomic E-state index is 0.00156. The maximum absolute atomic E-state index is 12.6. The van der Waals surface area contributed by atoms with Gasteiger partial charge in [0, 0.05) is 29.9 Å². The maximum Gasteiger partial charge on any atom is 0.345 e. The highest BCUT2D eigenvalue weighted by Gasteiger charge is 2.39. The molecule has 0 fully saturated rings. The molecule has 2 aliphatic carbocycles. The fourth-order valence-electron chi connectivity index (χ4n) is 3.35. The van der Waals surface area contributed by atoms with Crippen LogP contribution in [0.2, 0.25) is 0 Å². The molecule has 0 aliphatic heterocycles. The van der Waals surface area contributed by atoms with E-state index in [9.17, 15) is 14.4 Å². The first kappa shape index (κ1) is 17.0. The average Bonchev–Trinajstić information content (AvgIpc) is 2.86. The average molecular weight is 335 g/mol. The molecule has 0 spiro atoms. The topological polar surface area (TPSA) is 60.4 Å². The molecule has 0 heterocycles. The molecular formula is C21H19O4+. The van der Waals surface area contributed by atoms with Gasteiger partial charge < -0.3 is 4.74 Å². The van der Waals surface area contributed by atoms with Gasteiger partial charge in [0.15, 0.2) is 11.6 Å². The molecule has 0 bridgehead atoms. The minimum atomic E-state index is -0.683. The van der Waals surface area contributed by atoms with Crippen LogP contribution < -0.4 is 0 Å². The van der Waals surface area contributed by atoms with E-state index in [0.717, 1.165) is 5.56 Å². The van der Waals surface area contributed by atoms with E-state index in [0.29, 0.717) is 11.1 Å². The van der Waals surface area contributed by atoms with Crippen LogP contribution in [0.15, 0.2) is 59.7 Å². The van der Waals surface area contributed by atoms with E-state index in [4.69, 9.17) is 4.74 Å². The van der Waals surface area contributed by atoms with Crippen LogP contribution >= 0.6 is 0 Å². The van der Waals surface area contributed by atoms with E-state index in [1.54, 1.807) is 25.2 Å². The molecule has 2 aliphatic rings. The Morgan fingerprint density at radius 1 is 1.28 bits per heavy atom. The van der Waals surface area contributed by atoms with Gasteiger partial charge in [0.25, 0.3) is 0 Å². The summed E-state index contributed by atoms with van der Waals surface area (Å²) in [5.74, 6) is -1.50. The van der Waals surface area contributed by atoms with Crippen molar-refractivity contribution in [3.8, 4) is 0 Å². The number of ketones is 2. The number of benzene rings is 1. The predicted octanol–water partition coefficient (Wildman–Crippen LogP) is 3.36. The quantitative estimate of drug-likeness (QED) is 0.278. The summed E-state index contributed by atoms with van der Waals surface area (Å²) in [6.45, 7) is 6.57. The molecule has 4 heteroatoms. The molecule has 1 aromatic carbocycles. The Bertz CT molecular complexity index is 839. The normalized spacial score (nSPS) is 22.7. The first-order valence-electron chi connectivity index (χ1n) is 8.19. The van der Waals surface area contributed by atoms with Gasteiger partial charge in [0.2, 0.25) is 6.10 Å². The second-order valence-corrected chi connectivity index (χ2v) is 6.33. The van der Waals surface area contributed by atoms with Crippen molar-refractivity contribution in [1.29, 1.82) is 0 Å². The van der Waals surface area contributed by atoms with Crippen LogP contribution in [0.1, 0.15) is 35.7 Å². The number of hydrogen-bond acceptors (Lipinski definition) is 4. The van der Waals surface area contributed by atoms with Crippen LogP contribution in [0.4, 0.5) is 0 Å². The number of hydrogen-bond donors (Lipinski definition) is 0. The molecule has 0 saturated heterocycles. The summed E-state index contributed by atoms with van der Waals surface area (Å²) in [5.41, 5.74) is 2.28. The summed E-state index contributed by atoms with van der Waals surface area (Å²) in [5, 5.41) is 0. The van der Waals surface area contributed by atoms with E-state index in [1.165, 1.54) is 6.92 Å². The molecule has 3 unspecified atom stereocenters. The van der Waals surface area contributed by atoms with Gasteiger partial charge in [0.05, 0.1) is 5.57 Å². The number of carbonyl (C=O) groups excluding carboxylic acids is 3. The number of ether oxygens (including phenoxy) is 1. The van der Waals surface area contributed by atoms with Gasteiger partial charge in [-0.2, -0.15) is 0 Å². The third-order valence-corrected chi connectivity index (χ3v) is 4.40. The third-order valence-electron chi connectivity index (χ3n) is 4.40. The summed E-state index contributed by atoms with van der Waals surface area (Å²) in [6, 6.07) is 7.45. The van der Waals surface area contributed by atoms with E-state index in [1.807, 2.05) is 30.3 Å². The van der Waals surface area contributed by atoms with Crippen molar-refractivity contribution in [2.45, 2.75) is 25.9 Å². The Kier molecular flexibility index (Phi) is 4.45. The number of rotatable bonds is 4. The zero-order valence-electron chi connectivity index (χ0n) is 14.2. The van der Waals surface area contributed by atoms with Gasteiger partial charge in [-0.25, -0.2) is 4.79 Å². The monoisotopic (exact) mass is 335 g/mol. The predicted molar refractivity (Wildman–Crippen MR) is 93.9 cm³/mol. The number of carbonyl (C=O) groups is 3. The Labute approximate surface area is 146 Å². The van der Waals surface area contributed by atoms with Crippen LogP contribution in [0.5, 0.6) is 0 Å². The largest absolute Gasteiger partial charge is 0.417 e. The van der Waals surface area contributed by atoms with Crippen molar-refractivity contribution in [2.24, 2.45) is 5.92 Å². The van der Waals surface area contributed by atoms with Crippen LogP contribution in [0, 0.1) is 12.8 Å². The van der Waals surface area contributed by atoms with E-state index in [-0.39, 0.29) is 29.0 Å². The second-order valence-electron chi connectivity index (χ2n) is 6.33. The lowest BCUT2D eigenvalue weighted by molar-refractivity contribution is -0.142. The smallest absolute Gasteiger partial charge is 0.345 e. The zero-order valence-corrected chi connectivity index (χ0v) is 14.2. The second kappa shape index (κ2) is 6.55. The molecule has 3 atom stereocenters. The number of esters is 1. The van der Waals surface area contributed by atoms with Gasteiger partial charge in [0.1, 0.15) is 6.92 Å². The maximum atomic E-state index is 12.6. The lowest BCUT2D eigenvalue weighted by Gasteiger charge is -2.22. The van der Waals surface area contributed by atoms with Crippen molar-refractivity contribution in [3.63, 3.8) is 0 Å². The molecule has 0 N–H and O–H groups in total. The van der Waals surface area contributed by atoms with Crippen LogP contribution in [0.25, 0.3) is 0 Å². The molecule has 3 rings (SSSR count). The summed E-state index contributed by atoms with van der Waals surface area (Å²) in [4.78, 5) is 36.7. The molecule has 25 heavy (non-hydrogen) atoms. The molecule has 4 nitrogen and oxygen atoms in total. The van der Waals surface area contributed by atoms with Crippen molar-refractivity contribution in [1.82, 2.24) is 0 Å². The Balaban J connectivity index is 2.01. The third kappa shape index (κ3) is 3.07. The highest BCUT2D eigenvalue weighted by molar-refractivity contribution is 6.17. The Morgan fingerprint density at radius 3 is 2.68 bits per heavy atom. The van der Waals surface area contributed by atoms with E-state index < -0.39 is 12.1 Å². The number of allylic oxidation sites excluding steroid dienone is 5. The highest BCUT2D eigenvalue weighted by Crippen LogP contribution is 2.45. The van der Waals surface area contributed by atoms with Crippen molar-refractivity contribution in [2.75, 3.05) is 0 Å². The minimum Gasteiger partial charge on any atom is -0.417 e. The van der Waals surface area contributed by atoms with Crippen LogP contribution in [-0.4, -0.2) is 23.6 Å². The molecule has 0 aromatic heterocycles. The Morgan fingerprint density at radius 2 is 2.00 bits per heavy atom. The lowest BCUT2D eigenvalue weighted by Crippen LogP contribution is -2.20. The van der Waals surface area contributed by atoms with Gasteiger partial charge in [-0.15, -0.1) is 0 Å². The van der Waals surface area contributed by atoms with Gasteiger partial charge in [-0.3, -0.25) is 9.59 Å². The lowest BCUT2D eigenvalue weighted by atomic mass is 9.80. The molecule has 1 aromatic rings. The summed E-state index contributed by atoms with van der Waals surface area (Å²) in [6.07, 6.45) is 6.55. The first-order valence-corrected chi connectivity index (χ1v) is 8.19. The van der Waals surface area contributed by atoms with Crippen molar-refractivity contribution in [3.05, 3.63) is 77.8 Å². The molecule has 126 valence electrons. The zero-order chi connectivity index (χ0) is 18.1. The fourth-order valence-corrected chi connectivity index (χ4v) is 3.35. The van der Waals surface area contributed by atoms with Gasteiger partial charge >= 0.3 is 5.97 Å². The van der Waals surface area contributed by atoms with E-state index >= 15 is 0 Å². The standard InChI is InChI=1S/C21H19O4/c1-12(2)25-21(24)18(13(3)22)11-14-7-6-10-17-19(14)15-8-4-5-9-16(15)20(17)23/h4-12,14,19H,1H2,2-3H3/q+1/b18-11-. The molecular weight excluding hydrogens is 316 g/mol. The molecule has 0 radical (unpaired) electrons. The van der Waals surface area contributed by atoms with Crippen molar-refractivity contribution >= 4 is 17.5 Å². The SMILES string of the molecule is [CH2+]C(C)OC(=O)/C(=C\C1C=CC=C2C(=O)c3ccccc3C21)C(C)=O. The van der Waals surface area contributed by atoms with E-state index in [2.05, 4.69) is 6.92 Å². The summed E-state index contributed by atoms with van der Waals surface area (Å²) >= 11 is 0. The summed E-state index contributed by atoms with van der Waals surface area (Å²) < 4.78 is 5.07. The van der Waals surface area contributed by atoms with Crippen LogP contribution in [-0.2, 0) is 14.3 Å². The fraction of sp³-hybridized carbons (Fsp3) is 0.238. The number of Topliss-reactive ketones (excluding diaryl/α,β-unsaturated/α-hetero) is 2. The van der Waals surface area contributed by atoms with Crippen molar-refractivity contribution < 1.29 is 19.1 Å². The molecule has 0 saturated carbocycles. The first-order chi connectivity index (χ1) is 11.9. The molecule has 0 amide bonds. The van der Waals surface area contributed by atoms with Crippen LogP contribution in [0.3, 0.4) is 0 Å². The van der Waals surface area contributed by atoms with Gasteiger partial charge in [-0.1, -0.05) is 48.6 Å². The highest BCUT2D eigenvalue weighted by atomic mass is 16.5. The Hall–Kier alpha value is -2.88. The van der Waals surface area contributed by atoms with Gasteiger partial charge in [-0.05, 0) is 12.5 Å².